The monoisotopic (exact) mass is 365 g/mol. The van der Waals surface area contributed by atoms with Gasteiger partial charge < -0.3 is 18.8 Å². The van der Waals surface area contributed by atoms with Gasteiger partial charge in [0.1, 0.15) is 24.6 Å². The van der Waals surface area contributed by atoms with Gasteiger partial charge in [0, 0.05) is 17.5 Å². The highest BCUT2D eigenvalue weighted by molar-refractivity contribution is 5.95. The van der Waals surface area contributed by atoms with E-state index >= 15 is 0 Å². The van der Waals surface area contributed by atoms with Crippen molar-refractivity contribution < 1.29 is 18.7 Å². The van der Waals surface area contributed by atoms with Crippen molar-refractivity contribution in [3.8, 4) is 11.5 Å². The van der Waals surface area contributed by atoms with Crippen molar-refractivity contribution in [3.05, 3.63) is 59.9 Å². The maximum absolute atomic E-state index is 13.1. The summed E-state index contributed by atoms with van der Waals surface area (Å²) in [6, 6.07) is 15.3. The summed E-state index contributed by atoms with van der Waals surface area (Å²) < 4.78 is 17.1. The van der Waals surface area contributed by atoms with Crippen molar-refractivity contribution in [2.24, 2.45) is 0 Å². The van der Waals surface area contributed by atoms with Crippen LogP contribution in [0, 0.1) is 0 Å². The van der Waals surface area contributed by atoms with Crippen molar-refractivity contribution in [2.75, 3.05) is 19.8 Å². The first-order valence-electron chi connectivity index (χ1n) is 9.41. The smallest absolute Gasteiger partial charge is 0.254 e. The quantitative estimate of drug-likeness (QED) is 0.638. The molecule has 5 heteroatoms. The first kappa shape index (κ1) is 17.5. The molecule has 2 aromatic carbocycles. The van der Waals surface area contributed by atoms with E-state index < -0.39 is 0 Å². The molecule has 4 rings (SSSR count). The second-order valence-electron chi connectivity index (χ2n) is 6.69. The Kier molecular flexibility index (Phi) is 5.01. The highest BCUT2D eigenvalue weighted by Gasteiger charge is 2.20. The van der Waals surface area contributed by atoms with E-state index in [1.54, 1.807) is 18.2 Å². The molecule has 1 aliphatic heterocycles. The molecule has 5 nitrogen and oxygen atoms in total. The molecular weight excluding hydrogens is 342 g/mol. The Morgan fingerprint density at radius 1 is 1.04 bits per heavy atom. The number of amides is 1. The maximum Gasteiger partial charge on any atom is 0.254 e. The highest BCUT2D eigenvalue weighted by Crippen LogP contribution is 2.31. The maximum atomic E-state index is 13.1. The summed E-state index contributed by atoms with van der Waals surface area (Å²) in [5.41, 5.74) is 1.45. The molecule has 1 aliphatic rings. The van der Waals surface area contributed by atoms with Gasteiger partial charge in [-0.15, -0.1) is 0 Å². The molecule has 140 valence electrons. The van der Waals surface area contributed by atoms with E-state index in [1.807, 2.05) is 35.2 Å². The zero-order chi connectivity index (χ0) is 18.6. The van der Waals surface area contributed by atoms with Crippen LogP contribution in [0.15, 0.2) is 52.9 Å². The first-order valence-corrected chi connectivity index (χ1v) is 9.41. The van der Waals surface area contributed by atoms with Crippen LogP contribution in [-0.4, -0.2) is 30.6 Å². The molecule has 0 spiro atoms. The van der Waals surface area contributed by atoms with Crippen LogP contribution >= 0.6 is 0 Å². The zero-order valence-electron chi connectivity index (χ0n) is 15.4. The second-order valence-corrected chi connectivity index (χ2v) is 6.69. The van der Waals surface area contributed by atoms with Crippen LogP contribution in [0.25, 0.3) is 11.0 Å². The molecule has 0 saturated heterocycles. The summed E-state index contributed by atoms with van der Waals surface area (Å²) in [6.07, 6.45) is 1.96. The van der Waals surface area contributed by atoms with Crippen LogP contribution in [0.2, 0.25) is 0 Å². The number of furan rings is 1. The normalized spacial score (nSPS) is 12.9. The van der Waals surface area contributed by atoms with Crippen molar-refractivity contribution in [1.82, 2.24) is 4.90 Å². The number of benzene rings is 2. The number of carbonyl (C=O) groups excluding carboxylic acids is 1. The zero-order valence-corrected chi connectivity index (χ0v) is 15.4. The summed E-state index contributed by atoms with van der Waals surface area (Å²) in [7, 11) is 0. The van der Waals surface area contributed by atoms with Crippen LogP contribution in [0.3, 0.4) is 0 Å². The lowest BCUT2D eigenvalue weighted by molar-refractivity contribution is 0.0729. The van der Waals surface area contributed by atoms with E-state index in [1.165, 1.54) is 0 Å². The summed E-state index contributed by atoms with van der Waals surface area (Å²) in [6.45, 7) is 4.29. The minimum atomic E-state index is -0.0270. The fourth-order valence-corrected chi connectivity index (χ4v) is 3.26. The fourth-order valence-electron chi connectivity index (χ4n) is 3.26. The largest absolute Gasteiger partial charge is 0.486 e. The summed E-state index contributed by atoms with van der Waals surface area (Å²) in [5, 5.41) is 1.05. The SMILES string of the molecule is CCCCN(Cc1cc2ccccc2o1)C(=O)c1ccc2c(c1)OCCO2. The van der Waals surface area contributed by atoms with Crippen molar-refractivity contribution in [3.63, 3.8) is 0 Å². The number of hydrogen-bond donors (Lipinski definition) is 0. The molecule has 0 aliphatic carbocycles. The average Bonchev–Trinajstić information content (AvgIpc) is 3.12. The lowest BCUT2D eigenvalue weighted by atomic mass is 10.1. The molecule has 0 unspecified atom stereocenters. The second kappa shape index (κ2) is 7.74. The molecular formula is C22H23NO4. The van der Waals surface area contributed by atoms with Gasteiger partial charge in [0.05, 0.1) is 6.54 Å². The Labute approximate surface area is 158 Å². The van der Waals surface area contributed by atoms with Crippen molar-refractivity contribution in [1.29, 1.82) is 0 Å². The molecule has 3 aromatic rings. The number of ether oxygens (including phenoxy) is 2. The Morgan fingerprint density at radius 2 is 1.85 bits per heavy atom. The van der Waals surface area contributed by atoms with Crippen molar-refractivity contribution in [2.45, 2.75) is 26.3 Å². The fraction of sp³-hybridized carbons (Fsp3) is 0.318. The van der Waals surface area contributed by atoms with E-state index in [2.05, 4.69) is 6.92 Å². The molecule has 27 heavy (non-hydrogen) atoms. The number of carbonyl (C=O) groups is 1. The molecule has 0 radical (unpaired) electrons. The van der Waals surface area contributed by atoms with Crippen LogP contribution in [-0.2, 0) is 6.54 Å². The average molecular weight is 365 g/mol. The molecule has 0 fully saturated rings. The third kappa shape index (κ3) is 3.77. The summed E-state index contributed by atoms with van der Waals surface area (Å²) >= 11 is 0. The Hall–Kier alpha value is -2.95. The number of hydrogen-bond acceptors (Lipinski definition) is 4. The molecule has 0 N–H and O–H groups in total. The summed E-state index contributed by atoms with van der Waals surface area (Å²) in [4.78, 5) is 15.0. The molecule has 2 heterocycles. The molecule has 0 bridgehead atoms. The summed E-state index contributed by atoms with van der Waals surface area (Å²) in [5.74, 6) is 2.08. The van der Waals surface area contributed by atoms with Gasteiger partial charge in [-0.05, 0) is 36.8 Å². The van der Waals surface area contributed by atoms with Gasteiger partial charge in [0.25, 0.3) is 5.91 Å². The lowest BCUT2D eigenvalue weighted by Gasteiger charge is -2.23. The van der Waals surface area contributed by atoms with Gasteiger partial charge in [-0.25, -0.2) is 0 Å². The van der Waals surface area contributed by atoms with E-state index in [9.17, 15) is 4.79 Å². The van der Waals surface area contributed by atoms with Gasteiger partial charge >= 0.3 is 0 Å². The predicted molar refractivity (Wildman–Crippen MR) is 103 cm³/mol. The van der Waals surface area contributed by atoms with Gasteiger partial charge in [-0.2, -0.15) is 0 Å². The van der Waals surface area contributed by atoms with Gasteiger partial charge in [0.2, 0.25) is 0 Å². The van der Waals surface area contributed by atoms with Crippen LogP contribution in [0.5, 0.6) is 11.5 Å². The molecule has 0 saturated carbocycles. The Morgan fingerprint density at radius 3 is 2.67 bits per heavy atom. The van der Waals surface area contributed by atoms with E-state index in [-0.39, 0.29) is 5.91 Å². The molecule has 0 atom stereocenters. The number of rotatable bonds is 6. The minimum absolute atomic E-state index is 0.0270. The van der Waals surface area contributed by atoms with Crippen LogP contribution in [0.1, 0.15) is 35.9 Å². The third-order valence-corrected chi connectivity index (χ3v) is 4.68. The number of unbranched alkanes of at least 4 members (excludes halogenated alkanes) is 1. The third-order valence-electron chi connectivity index (χ3n) is 4.68. The number of para-hydroxylation sites is 1. The standard InChI is InChI=1S/C22H23NO4/c1-2-3-10-23(15-18-13-16-6-4-5-7-19(16)27-18)22(24)17-8-9-20-21(14-17)26-12-11-25-20/h4-9,13-14H,2-3,10-12,15H2,1H3. The van der Waals surface area contributed by atoms with Gasteiger partial charge in [-0.3, -0.25) is 4.79 Å². The van der Waals surface area contributed by atoms with E-state index in [0.717, 1.165) is 29.6 Å². The molecule has 1 aromatic heterocycles. The highest BCUT2D eigenvalue weighted by atomic mass is 16.6. The Bertz CT molecular complexity index is 913. The van der Waals surface area contributed by atoms with Crippen molar-refractivity contribution >= 4 is 16.9 Å². The number of nitrogens with zero attached hydrogens (tertiary/aromatic N) is 1. The van der Waals surface area contributed by atoms with Crippen LogP contribution < -0.4 is 9.47 Å². The van der Waals surface area contributed by atoms with Crippen LogP contribution in [0.4, 0.5) is 0 Å². The predicted octanol–water partition coefficient (Wildman–Crippen LogP) is 4.65. The van der Waals surface area contributed by atoms with Gasteiger partial charge in [-0.1, -0.05) is 31.5 Å². The van der Waals surface area contributed by atoms with E-state index in [4.69, 9.17) is 13.9 Å². The van der Waals surface area contributed by atoms with Gasteiger partial charge in [0.15, 0.2) is 11.5 Å². The lowest BCUT2D eigenvalue weighted by Crippen LogP contribution is -2.31. The topological polar surface area (TPSA) is 51.9 Å². The first-order chi connectivity index (χ1) is 13.2. The molecule has 1 amide bonds. The van der Waals surface area contributed by atoms with E-state index in [0.29, 0.717) is 43.4 Å². The minimum Gasteiger partial charge on any atom is -0.486 e. The Balaban J connectivity index is 1.58. The number of fused-ring (bicyclic) bond motifs is 2.